The Labute approximate surface area is 519 Å². The molecule has 0 radical (unpaired) electrons. The molecule has 458 valence electrons. The van der Waals surface area contributed by atoms with Crippen LogP contribution in [0.15, 0.2) is 224 Å². The Morgan fingerprint density at radius 2 is 0.831 bits per heavy atom. The number of halogens is 2. The van der Waals surface area contributed by atoms with E-state index in [1.807, 2.05) is 144 Å². The summed E-state index contributed by atoms with van der Waals surface area (Å²) in [5, 5.41) is 12.2. The van der Waals surface area contributed by atoms with E-state index in [0.717, 1.165) is 68.7 Å². The second-order valence-corrected chi connectivity index (χ2v) is 26.9. The number of carbonyl (C=O) groups is 2. The maximum Gasteiger partial charge on any atom is 0.360 e. The number of aromatic hydroxyl groups is 1. The zero-order valence-corrected chi connectivity index (χ0v) is 52.3. The Hall–Kier alpha value is -8.32. The number of benzene rings is 9. The highest BCUT2D eigenvalue weighted by Gasteiger charge is 2.51. The third-order valence-electron chi connectivity index (χ3n) is 17.1. The van der Waals surface area contributed by atoms with Crippen molar-refractivity contribution < 1.29 is 55.4 Å². The molecular weight excluding hydrogens is 1160 g/mol. The van der Waals surface area contributed by atoms with Crippen molar-refractivity contribution in [2.45, 2.75) is 70.1 Å². The van der Waals surface area contributed by atoms with E-state index < -0.39 is 15.2 Å². The van der Waals surface area contributed by atoms with Gasteiger partial charge >= 0.3 is 15.2 Å². The number of nitrogens with zero attached hydrogens (tertiary/aromatic N) is 2. The Bertz CT molecular complexity index is 3940. The third kappa shape index (κ3) is 14.1. The van der Waals surface area contributed by atoms with Crippen LogP contribution in [0.1, 0.15) is 91.3 Å². The third-order valence-corrected chi connectivity index (χ3v) is 20.9. The smallest absolute Gasteiger partial charge is 0.360 e. The summed E-state index contributed by atoms with van der Waals surface area (Å²) in [5.41, 5.74) is 9.75. The molecule has 9 aromatic rings. The predicted octanol–water partition coefficient (Wildman–Crippen LogP) is 17.1. The fourth-order valence-corrected chi connectivity index (χ4v) is 14.1. The number of phenolic OH excluding ortho intramolecular Hbond substituents is 1. The lowest BCUT2D eigenvalue weighted by Gasteiger charge is -2.48. The molecule has 1 N–H and O–H groups in total. The van der Waals surface area contributed by atoms with Crippen molar-refractivity contribution in [1.29, 1.82) is 0 Å². The van der Waals surface area contributed by atoms with E-state index in [0.29, 0.717) is 41.4 Å². The Morgan fingerprint density at radius 1 is 0.461 bits per heavy atom. The van der Waals surface area contributed by atoms with E-state index in [4.69, 9.17) is 22.8 Å². The van der Waals surface area contributed by atoms with Gasteiger partial charge in [0.05, 0.1) is 34.5 Å². The summed E-state index contributed by atoms with van der Waals surface area (Å²) in [6.07, 6.45) is 2.83. The molecular formula is C73H72F2N2O10P2. The van der Waals surface area contributed by atoms with Gasteiger partial charge in [0.1, 0.15) is 29.7 Å². The van der Waals surface area contributed by atoms with Crippen LogP contribution >= 0.6 is 15.2 Å². The van der Waals surface area contributed by atoms with Crippen LogP contribution < -0.4 is 25.1 Å². The molecule has 0 saturated carbocycles. The number of hydrogen-bond donors (Lipinski definition) is 1. The molecule has 2 amide bonds. The SMILES string of the molecule is COP(=O)(OC)c1ccc(-c2ccc([C@@H]3[C@@H](CC[C@H](C)c4ccc(F)cc4)C(=O)N3c3ccccc3)c(O)c2)cc1.COP(=O)(OC)c1ccc(-c2ccc([C@@H]3[C@@H](CC[C@H](C)c4ccc(F)cc4)C(=O)N3c3ccccc3)c(OCc3ccccc3)c2)cc1. The van der Waals surface area contributed by atoms with Gasteiger partial charge in [-0.15, -0.1) is 0 Å². The van der Waals surface area contributed by atoms with Crippen molar-refractivity contribution in [3.63, 3.8) is 0 Å². The number of para-hydroxylation sites is 2. The van der Waals surface area contributed by atoms with Crippen LogP contribution in [0.4, 0.5) is 20.2 Å². The van der Waals surface area contributed by atoms with E-state index in [-0.39, 0.29) is 65.0 Å². The molecule has 9 aromatic carbocycles. The zero-order chi connectivity index (χ0) is 62.8. The van der Waals surface area contributed by atoms with Crippen LogP contribution in [0.2, 0.25) is 0 Å². The average molecular weight is 1240 g/mol. The minimum atomic E-state index is -3.38. The summed E-state index contributed by atoms with van der Waals surface area (Å²) in [5.74, 6) is 0.117. The fourth-order valence-electron chi connectivity index (χ4n) is 11.9. The summed E-state index contributed by atoms with van der Waals surface area (Å²) >= 11 is 0. The van der Waals surface area contributed by atoms with E-state index in [1.54, 1.807) is 59.5 Å². The lowest BCUT2D eigenvalue weighted by Crippen LogP contribution is -2.55. The molecule has 89 heavy (non-hydrogen) atoms. The van der Waals surface area contributed by atoms with Gasteiger partial charge in [0.15, 0.2) is 0 Å². The van der Waals surface area contributed by atoms with Gasteiger partial charge in [0, 0.05) is 50.9 Å². The number of ether oxygens (including phenoxy) is 1. The highest BCUT2D eigenvalue weighted by atomic mass is 31.2. The van der Waals surface area contributed by atoms with Gasteiger partial charge in [-0.05, 0) is 161 Å². The molecule has 0 spiro atoms. The first-order chi connectivity index (χ1) is 43.1. The van der Waals surface area contributed by atoms with Gasteiger partial charge in [-0.1, -0.05) is 153 Å². The van der Waals surface area contributed by atoms with Gasteiger partial charge in [-0.2, -0.15) is 0 Å². The maximum absolute atomic E-state index is 13.9. The molecule has 0 bridgehead atoms. The predicted molar refractivity (Wildman–Crippen MR) is 347 cm³/mol. The number of hydrogen-bond acceptors (Lipinski definition) is 10. The standard InChI is InChI=1S/C40H39FNO5P.C33H33FNO5P/c1-28(30-15-20-33(41)21-16-30)14-24-37-39(42(40(37)43)34-12-8-5-9-13-34)36-25-19-32(26-38(36)47-27-29-10-6-4-7-11-29)31-17-22-35(23-18-31)48(44,45-2)46-3;1-22(23-10-15-26(34)16-11-23)9-19-30-32(35(33(30)37)27-7-5-4-6-8-27)29-20-14-25(21-31(29)36)24-12-17-28(18-13-24)41(38,39-2)40-3/h4-13,15-23,25-26,28,37,39H,14,24,27H2,1-3H3;4-8,10-18,20-22,30,32,36H,9,19H2,1-3H3/t28-,37+,39+;22-,30+,32+/m00/s1. The quantitative estimate of drug-likeness (QED) is 0.0486. The van der Waals surface area contributed by atoms with Crippen molar-refractivity contribution in [2.75, 3.05) is 38.2 Å². The Kier molecular flexibility index (Phi) is 20.4. The number of β-lactam (4-membered cyclic amide) rings is 2. The minimum absolute atomic E-state index is 0.0206. The molecule has 0 unspecified atom stereocenters. The number of carbonyl (C=O) groups excluding carboxylic acids is 2. The molecule has 11 rings (SSSR count). The summed E-state index contributed by atoms with van der Waals surface area (Å²) in [4.78, 5) is 31.0. The molecule has 2 heterocycles. The van der Waals surface area contributed by atoms with Crippen LogP contribution in [-0.4, -0.2) is 45.4 Å². The van der Waals surface area contributed by atoms with Gasteiger partial charge < -0.3 is 37.7 Å². The van der Waals surface area contributed by atoms with Crippen LogP contribution in [0.5, 0.6) is 11.5 Å². The topological polar surface area (TPSA) is 141 Å². The molecule has 2 aliphatic heterocycles. The van der Waals surface area contributed by atoms with Crippen molar-refractivity contribution in [3.05, 3.63) is 264 Å². The highest BCUT2D eigenvalue weighted by molar-refractivity contribution is 7.62. The van der Waals surface area contributed by atoms with E-state index >= 15 is 0 Å². The molecule has 2 saturated heterocycles. The first-order valence-electron chi connectivity index (χ1n) is 29.6. The van der Waals surface area contributed by atoms with Gasteiger partial charge in [0.25, 0.3) is 0 Å². The first kappa shape index (κ1) is 63.7. The lowest BCUT2D eigenvalue weighted by molar-refractivity contribution is -0.131. The highest BCUT2D eigenvalue weighted by Crippen LogP contribution is 2.52. The molecule has 2 aliphatic rings. The van der Waals surface area contributed by atoms with E-state index in [9.17, 15) is 32.6 Å². The molecule has 16 heteroatoms. The largest absolute Gasteiger partial charge is 0.508 e. The van der Waals surface area contributed by atoms with Crippen molar-refractivity contribution in [1.82, 2.24) is 0 Å². The summed E-state index contributed by atoms with van der Waals surface area (Å²) in [6, 6.07) is 67.6. The van der Waals surface area contributed by atoms with Crippen molar-refractivity contribution >= 4 is 49.0 Å². The number of amides is 2. The van der Waals surface area contributed by atoms with Gasteiger partial charge in [-0.3, -0.25) is 18.7 Å². The summed E-state index contributed by atoms with van der Waals surface area (Å²) in [7, 11) is -1.32. The second kappa shape index (κ2) is 28.4. The van der Waals surface area contributed by atoms with Crippen LogP contribution in [-0.2, 0) is 43.4 Å². The van der Waals surface area contributed by atoms with E-state index in [1.165, 1.54) is 52.7 Å². The van der Waals surface area contributed by atoms with Crippen molar-refractivity contribution in [3.8, 4) is 33.8 Å². The fraction of sp³-hybridized carbons (Fsp3) is 0.233. The minimum Gasteiger partial charge on any atom is -0.508 e. The van der Waals surface area contributed by atoms with Crippen LogP contribution in [0.3, 0.4) is 0 Å². The average Bonchev–Trinajstić information content (AvgIpc) is 1.12. The van der Waals surface area contributed by atoms with Crippen LogP contribution in [0.25, 0.3) is 22.3 Å². The molecule has 0 aliphatic carbocycles. The Balaban J connectivity index is 0.000000199. The van der Waals surface area contributed by atoms with Gasteiger partial charge in [0.2, 0.25) is 11.8 Å². The number of phenols is 1. The van der Waals surface area contributed by atoms with Gasteiger partial charge in [-0.25, -0.2) is 8.78 Å². The van der Waals surface area contributed by atoms with Crippen molar-refractivity contribution in [2.24, 2.45) is 11.8 Å². The number of anilines is 2. The number of rotatable bonds is 23. The lowest BCUT2D eigenvalue weighted by atomic mass is 9.76. The Morgan fingerprint density at radius 3 is 1.24 bits per heavy atom. The maximum atomic E-state index is 13.9. The molecule has 2 fully saturated rings. The summed E-state index contributed by atoms with van der Waals surface area (Å²) in [6.45, 7) is 4.56. The molecule has 6 atom stereocenters. The molecule has 12 nitrogen and oxygen atoms in total. The summed E-state index contributed by atoms with van der Waals surface area (Å²) < 4.78 is 79.6. The van der Waals surface area contributed by atoms with E-state index in [2.05, 4.69) is 19.9 Å². The monoisotopic (exact) mass is 1240 g/mol. The van der Waals surface area contributed by atoms with Crippen LogP contribution in [0, 0.1) is 23.5 Å². The molecule has 0 aromatic heterocycles. The first-order valence-corrected chi connectivity index (χ1v) is 32.7. The normalized spacial score (nSPS) is 17.2. The second-order valence-electron chi connectivity index (χ2n) is 22.4. The zero-order valence-electron chi connectivity index (χ0n) is 50.5.